The standard InChI is InChI=1S/C20H23N3O6/c1-21(2)17-10-9-15(23(26)27)11-16(17)20(25)29-13-19(24)22(3)12-14-7-5-6-8-18(14)28-4/h5-11H,12-13H2,1-4H3. The minimum atomic E-state index is -0.809. The number of nitro benzene ring substituents is 1. The lowest BCUT2D eigenvalue weighted by atomic mass is 10.1. The van der Waals surface area contributed by atoms with Crippen molar-refractivity contribution in [3.63, 3.8) is 0 Å². The summed E-state index contributed by atoms with van der Waals surface area (Å²) in [7, 11) is 6.53. The van der Waals surface area contributed by atoms with Crippen LogP contribution in [-0.4, -0.2) is 56.6 Å². The molecule has 0 aliphatic heterocycles. The van der Waals surface area contributed by atoms with Crippen molar-refractivity contribution in [2.75, 3.05) is 39.8 Å². The third-order valence-electron chi connectivity index (χ3n) is 4.25. The number of nitro groups is 1. The summed E-state index contributed by atoms with van der Waals surface area (Å²) >= 11 is 0. The quantitative estimate of drug-likeness (QED) is 0.380. The van der Waals surface area contributed by atoms with E-state index in [0.29, 0.717) is 11.4 Å². The van der Waals surface area contributed by atoms with Crippen LogP contribution in [0.1, 0.15) is 15.9 Å². The van der Waals surface area contributed by atoms with Gasteiger partial charge in [0.2, 0.25) is 0 Å². The zero-order chi connectivity index (χ0) is 21.6. The lowest BCUT2D eigenvalue weighted by Gasteiger charge is -2.19. The summed E-state index contributed by atoms with van der Waals surface area (Å²) in [4.78, 5) is 38.3. The number of para-hydroxylation sites is 1. The number of rotatable bonds is 8. The van der Waals surface area contributed by atoms with E-state index in [0.717, 1.165) is 11.6 Å². The predicted octanol–water partition coefficient (Wildman–Crippen LogP) is 2.48. The Labute approximate surface area is 168 Å². The minimum absolute atomic E-state index is 0.0179. The fraction of sp³-hybridized carbons (Fsp3) is 0.300. The first-order chi connectivity index (χ1) is 13.7. The number of benzene rings is 2. The van der Waals surface area contributed by atoms with E-state index in [-0.39, 0.29) is 17.8 Å². The van der Waals surface area contributed by atoms with Gasteiger partial charge in [-0.2, -0.15) is 0 Å². The van der Waals surface area contributed by atoms with Gasteiger partial charge in [0.1, 0.15) is 5.75 Å². The monoisotopic (exact) mass is 401 g/mol. The fourth-order valence-electron chi connectivity index (χ4n) is 2.68. The van der Waals surface area contributed by atoms with Crippen molar-refractivity contribution in [3.8, 4) is 5.75 Å². The van der Waals surface area contributed by atoms with Gasteiger partial charge in [-0.15, -0.1) is 0 Å². The molecule has 9 nitrogen and oxygen atoms in total. The molecule has 0 N–H and O–H groups in total. The van der Waals surface area contributed by atoms with Crippen LogP contribution in [0.4, 0.5) is 11.4 Å². The average Bonchev–Trinajstić information content (AvgIpc) is 2.71. The molecule has 0 heterocycles. The second kappa shape index (κ2) is 9.54. The van der Waals surface area contributed by atoms with Crippen LogP contribution in [0.5, 0.6) is 5.75 Å². The number of carbonyl (C=O) groups excluding carboxylic acids is 2. The summed E-state index contributed by atoms with van der Waals surface area (Å²) in [5.74, 6) is -0.575. The Balaban J connectivity index is 2.07. The van der Waals surface area contributed by atoms with Gasteiger partial charge in [0.25, 0.3) is 11.6 Å². The minimum Gasteiger partial charge on any atom is -0.496 e. The number of hydrogen-bond donors (Lipinski definition) is 0. The lowest BCUT2D eigenvalue weighted by molar-refractivity contribution is -0.384. The molecule has 154 valence electrons. The number of ether oxygens (including phenoxy) is 2. The molecule has 9 heteroatoms. The van der Waals surface area contributed by atoms with E-state index in [9.17, 15) is 19.7 Å². The Hall–Kier alpha value is -3.62. The maximum atomic E-state index is 12.5. The van der Waals surface area contributed by atoms with E-state index >= 15 is 0 Å². The third kappa shape index (κ3) is 5.44. The van der Waals surface area contributed by atoms with Crippen molar-refractivity contribution in [1.82, 2.24) is 4.90 Å². The normalized spacial score (nSPS) is 10.2. The highest BCUT2D eigenvalue weighted by atomic mass is 16.6. The van der Waals surface area contributed by atoms with Gasteiger partial charge in [-0.25, -0.2) is 4.79 Å². The smallest absolute Gasteiger partial charge is 0.341 e. The molecule has 0 aliphatic rings. The van der Waals surface area contributed by atoms with Crippen molar-refractivity contribution in [2.24, 2.45) is 0 Å². The van der Waals surface area contributed by atoms with Gasteiger partial charge in [0, 0.05) is 45.4 Å². The molecule has 0 atom stereocenters. The molecular formula is C20H23N3O6. The molecule has 0 saturated heterocycles. The summed E-state index contributed by atoms with van der Waals surface area (Å²) in [6.45, 7) is -0.208. The number of hydrogen-bond acceptors (Lipinski definition) is 7. The van der Waals surface area contributed by atoms with Gasteiger partial charge in [-0.1, -0.05) is 18.2 Å². The van der Waals surface area contributed by atoms with Gasteiger partial charge in [0.05, 0.1) is 23.3 Å². The number of nitrogens with zero attached hydrogens (tertiary/aromatic N) is 3. The second-order valence-corrected chi connectivity index (χ2v) is 6.49. The number of amides is 1. The molecule has 2 aromatic carbocycles. The van der Waals surface area contributed by atoms with Crippen LogP contribution in [0.25, 0.3) is 0 Å². The van der Waals surface area contributed by atoms with Gasteiger partial charge in [-0.3, -0.25) is 14.9 Å². The summed E-state index contributed by atoms with van der Waals surface area (Å²) < 4.78 is 10.4. The lowest BCUT2D eigenvalue weighted by Crippen LogP contribution is -2.31. The molecule has 0 fully saturated rings. The van der Waals surface area contributed by atoms with Crippen LogP contribution in [0, 0.1) is 10.1 Å². The topological polar surface area (TPSA) is 102 Å². The molecule has 29 heavy (non-hydrogen) atoms. The van der Waals surface area contributed by atoms with Gasteiger partial charge in [0.15, 0.2) is 6.61 Å². The zero-order valence-electron chi connectivity index (χ0n) is 16.7. The van der Waals surface area contributed by atoms with Crippen molar-refractivity contribution in [3.05, 3.63) is 63.7 Å². The predicted molar refractivity (Wildman–Crippen MR) is 107 cm³/mol. The number of esters is 1. The Morgan fingerprint density at radius 2 is 1.79 bits per heavy atom. The van der Waals surface area contributed by atoms with E-state index in [4.69, 9.17) is 9.47 Å². The van der Waals surface area contributed by atoms with Crippen LogP contribution in [0.15, 0.2) is 42.5 Å². The van der Waals surface area contributed by atoms with Crippen LogP contribution in [-0.2, 0) is 16.1 Å². The zero-order valence-corrected chi connectivity index (χ0v) is 16.7. The highest BCUT2D eigenvalue weighted by Crippen LogP contribution is 2.25. The van der Waals surface area contributed by atoms with Crippen LogP contribution in [0.3, 0.4) is 0 Å². The first-order valence-corrected chi connectivity index (χ1v) is 8.73. The summed E-state index contributed by atoms with van der Waals surface area (Å²) in [6.07, 6.45) is 0. The first kappa shape index (κ1) is 21.7. The van der Waals surface area contributed by atoms with E-state index in [1.165, 1.54) is 17.0 Å². The molecule has 0 bridgehead atoms. The van der Waals surface area contributed by atoms with Gasteiger partial charge < -0.3 is 19.3 Å². The third-order valence-corrected chi connectivity index (χ3v) is 4.25. The number of likely N-dealkylation sites (N-methyl/N-ethyl adjacent to an activating group) is 1. The number of non-ortho nitro benzene ring substituents is 1. The maximum absolute atomic E-state index is 12.5. The molecule has 0 saturated carbocycles. The van der Waals surface area contributed by atoms with Gasteiger partial charge >= 0.3 is 5.97 Å². The van der Waals surface area contributed by atoms with Crippen LogP contribution < -0.4 is 9.64 Å². The van der Waals surface area contributed by atoms with Crippen molar-refractivity contribution >= 4 is 23.3 Å². The Morgan fingerprint density at radius 1 is 1.10 bits per heavy atom. The maximum Gasteiger partial charge on any atom is 0.341 e. The molecule has 0 unspecified atom stereocenters. The molecule has 0 aromatic heterocycles. The van der Waals surface area contributed by atoms with E-state index in [1.807, 2.05) is 18.2 Å². The first-order valence-electron chi connectivity index (χ1n) is 8.73. The Bertz CT molecular complexity index is 913. The molecule has 0 radical (unpaired) electrons. The fourth-order valence-corrected chi connectivity index (χ4v) is 2.68. The van der Waals surface area contributed by atoms with Crippen molar-refractivity contribution < 1.29 is 24.0 Å². The number of anilines is 1. The van der Waals surface area contributed by atoms with Crippen molar-refractivity contribution in [1.29, 1.82) is 0 Å². The summed E-state index contributed by atoms with van der Waals surface area (Å²) in [6, 6.07) is 11.2. The summed E-state index contributed by atoms with van der Waals surface area (Å²) in [5.41, 5.74) is 1.05. The van der Waals surface area contributed by atoms with E-state index in [2.05, 4.69) is 0 Å². The Morgan fingerprint density at radius 3 is 2.41 bits per heavy atom. The van der Waals surface area contributed by atoms with E-state index in [1.54, 1.807) is 39.2 Å². The molecule has 2 rings (SSSR count). The second-order valence-electron chi connectivity index (χ2n) is 6.49. The molecule has 0 aliphatic carbocycles. The molecule has 2 aromatic rings. The largest absolute Gasteiger partial charge is 0.496 e. The van der Waals surface area contributed by atoms with Crippen molar-refractivity contribution in [2.45, 2.75) is 6.54 Å². The highest BCUT2D eigenvalue weighted by molar-refractivity contribution is 5.97. The number of carbonyl (C=O) groups is 2. The average molecular weight is 401 g/mol. The van der Waals surface area contributed by atoms with Gasteiger partial charge in [-0.05, 0) is 12.1 Å². The molecular weight excluding hydrogens is 378 g/mol. The highest BCUT2D eigenvalue weighted by Gasteiger charge is 2.21. The SMILES string of the molecule is COc1ccccc1CN(C)C(=O)COC(=O)c1cc([N+](=O)[O-])ccc1N(C)C. The van der Waals surface area contributed by atoms with E-state index < -0.39 is 23.4 Å². The summed E-state index contributed by atoms with van der Waals surface area (Å²) in [5, 5.41) is 11.0. The Kier molecular flexibility index (Phi) is 7.13. The molecule has 0 spiro atoms. The number of methoxy groups -OCH3 is 1. The van der Waals surface area contributed by atoms with Crippen LogP contribution >= 0.6 is 0 Å². The molecule has 1 amide bonds. The van der Waals surface area contributed by atoms with Crippen LogP contribution in [0.2, 0.25) is 0 Å².